The van der Waals surface area contributed by atoms with E-state index >= 15 is 0 Å². The highest BCUT2D eigenvalue weighted by molar-refractivity contribution is 7.99. The standard InChI is InChI=1S/C8H18N2OS/c1-4-12-6(2)5-8(3,10)7(9)11/h6H,4-5,10H2,1-3H3,(H2,9,11). The number of rotatable bonds is 5. The molecule has 0 rings (SSSR count). The highest BCUT2D eigenvalue weighted by atomic mass is 32.2. The summed E-state index contributed by atoms with van der Waals surface area (Å²) in [6.07, 6.45) is 0.640. The third-order valence-corrected chi connectivity index (χ3v) is 2.79. The Labute approximate surface area is 78.3 Å². The van der Waals surface area contributed by atoms with Gasteiger partial charge in [-0.15, -0.1) is 0 Å². The van der Waals surface area contributed by atoms with Gasteiger partial charge in [-0.2, -0.15) is 11.8 Å². The van der Waals surface area contributed by atoms with E-state index in [1.54, 1.807) is 18.7 Å². The van der Waals surface area contributed by atoms with Crippen LogP contribution in [0.2, 0.25) is 0 Å². The number of primary amides is 1. The van der Waals surface area contributed by atoms with Crippen molar-refractivity contribution in [2.45, 2.75) is 38.0 Å². The molecule has 2 atom stereocenters. The Kier molecular flexibility index (Phi) is 4.63. The van der Waals surface area contributed by atoms with Crippen molar-refractivity contribution < 1.29 is 4.79 Å². The van der Waals surface area contributed by atoms with Crippen LogP contribution in [0.15, 0.2) is 0 Å². The van der Waals surface area contributed by atoms with Crippen LogP contribution in [-0.4, -0.2) is 22.4 Å². The summed E-state index contributed by atoms with van der Waals surface area (Å²) >= 11 is 1.79. The predicted octanol–water partition coefficient (Wildman–Crippen LogP) is 0.721. The molecule has 0 fully saturated rings. The quantitative estimate of drug-likeness (QED) is 0.671. The lowest BCUT2D eigenvalue weighted by Gasteiger charge is -2.23. The average Bonchev–Trinajstić information content (AvgIpc) is 1.85. The molecule has 0 saturated carbocycles. The molecule has 0 spiro atoms. The Morgan fingerprint density at radius 3 is 2.50 bits per heavy atom. The summed E-state index contributed by atoms with van der Waals surface area (Å²) in [6.45, 7) is 5.82. The lowest BCUT2D eigenvalue weighted by Crippen LogP contribution is -2.50. The summed E-state index contributed by atoms with van der Waals surface area (Å²) in [4.78, 5) is 10.8. The van der Waals surface area contributed by atoms with Crippen molar-refractivity contribution in [1.82, 2.24) is 0 Å². The Morgan fingerprint density at radius 2 is 2.17 bits per heavy atom. The fourth-order valence-electron chi connectivity index (χ4n) is 1.04. The van der Waals surface area contributed by atoms with Crippen LogP contribution >= 0.6 is 11.8 Å². The number of carbonyl (C=O) groups is 1. The highest BCUT2D eigenvalue weighted by Crippen LogP contribution is 2.19. The van der Waals surface area contributed by atoms with E-state index in [1.807, 2.05) is 0 Å². The van der Waals surface area contributed by atoms with Crippen molar-refractivity contribution in [3.63, 3.8) is 0 Å². The number of hydrogen-bond donors (Lipinski definition) is 2. The van der Waals surface area contributed by atoms with Gasteiger partial charge in [0, 0.05) is 5.25 Å². The lowest BCUT2D eigenvalue weighted by atomic mass is 9.97. The largest absolute Gasteiger partial charge is 0.368 e. The summed E-state index contributed by atoms with van der Waals surface area (Å²) in [7, 11) is 0. The van der Waals surface area contributed by atoms with Crippen molar-refractivity contribution in [3.05, 3.63) is 0 Å². The van der Waals surface area contributed by atoms with Crippen LogP contribution in [0.25, 0.3) is 0 Å². The highest BCUT2D eigenvalue weighted by Gasteiger charge is 2.27. The van der Waals surface area contributed by atoms with Crippen LogP contribution < -0.4 is 11.5 Å². The van der Waals surface area contributed by atoms with Crippen LogP contribution in [0.4, 0.5) is 0 Å². The first-order chi connectivity index (χ1) is 5.40. The van der Waals surface area contributed by atoms with Gasteiger partial charge in [-0.1, -0.05) is 13.8 Å². The molecule has 0 bridgehead atoms. The van der Waals surface area contributed by atoms with Crippen LogP contribution in [0, 0.1) is 0 Å². The molecule has 12 heavy (non-hydrogen) atoms. The molecule has 0 radical (unpaired) electrons. The molecule has 72 valence electrons. The van der Waals surface area contributed by atoms with Gasteiger partial charge in [-0.05, 0) is 19.1 Å². The molecule has 1 amide bonds. The lowest BCUT2D eigenvalue weighted by molar-refractivity contribution is -0.122. The molecule has 2 unspecified atom stereocenters. The van der Waals surface area contributed by atoms with E-state index in [0.717, 1.165) is 5.75 Å². The van der Waals surface area contributed by atoms with Crippen molar-refractivity contribution >= 4 is 17.7 Å². The predicted molar refractivity (Wildman–Crippen MR) is 54.0 cm³/mol. The number of hydrogen-bond acceptors (Lipinski definition) is 3. The number of carbonyl (C=O) groups excluding carboxylic acids is 1. The second-order valence-corrected chi connectivity index (χ2v) is 4.97. The van der Waals surface area contributed by atoms with Crippen LogP contribution in [0.5, 0.6) is 0 Å². The smallest absolute Gasteiger partial charge is 0.237 e. The molecule has 0 heterocycles. The maximum atomic E-state index is 10.8. The van der Waals surface area contributed by atoms with Gasteiger partial charge in [0.25, 0.3) is 0 Å². The molecule has 0 saturated heterocycles. The number of thioether (sulfide) groups is 1. The minimum atomic E-state index is -0.860. The summed E-state index contributed by atoms with van der Waals surface area (Å²) in [5.74, 6) is 0.613. The van der Waals surface area contributed by atoms with Crippen molar-refractivity contribution in [3.8, 4) is 0 Å². The topological polar surface area (TPSA) is 69.1 Å². The van der Waals surface area contributed by atoms with E-state index in [0.29, 0.717) is 11.7 Å². The van der Waals surface area contributed by atoms with E-state index < -0.39 is 11.4 Å². The Hall–Kier alpha value is -0.220. The van der Waals surface area contributed by atoms with E-state index in [1.165, 1.54) is 0 Å². The van der Waals surface area contributed by atoms with Gasteiger partial charge in [-0.25, -0.2) is 0 Å². The van der Waals surface area contributed by atoms with Gasteiger partial charge in [0.15, 0.2) is 0 Å². The zero-order chi connectivity index (χ0) is 9.78. The van der Waals surface area contributed by atoms with Crippen LogP contribution in [0.1, 0.15) is 27.2 Å². The van der Waals surface area contributed by atoms with Gasteiger partial charge >= 0.3 is 0 Å². The maximum absolute atomic E-state index is 10.8. The van der Waals surface area contributed by atoms with Crippen LogP contribution in [0.3, 0.4) is 0 Å². The number of nitrogens with two attached hydrogens (primary N) is 2. The zero-order valence-corrected chi connectivity index (χ0v) is 8.78. The first-order valence-electron chi connectivity index (χ1n) is 4.10. The fourth-order valence-corrected chi connectivity index (χ4v) is 2.07. The van der Waals surface area contributed by atoms with E-state index in [9.17, 15) is 4.79 Å². The zero-order valence-electron chi connectivity index (χ0n) is 7.96. The molecule has 3 nitrogen and oxygen atoms in total. The second kappa shape index (κ2) is 4.72. The molecule has 0 aliphatic heterocycles. The summed E-state index contributed by atoms with van der Waals surface area (Å²) in [5, 5.41) is 0.387. The molecule has 0 aromatic heterocycles. The molecular formula is C8H18N2OS. The molecule has 0 aliphatic rings. The third kappa shape index (κ3) is 3.97. The minimum Gasteiger partial charge on any atom is -0.368 e. The van der Waals surface area contributed by atoms with Crippen molar-refractivity contribution in [2.24, 2.45) is 11.5 Å². The van der Waals surface area contributed by atoms with Gasteiger partial charge in [0.05, 0.1) is 5.54 Å². The van der Waals surface area contributed by atoms with Gasteiger partial charge < -0.3 is 11.5 Å². The first kappa shape index (κ1) is 11.8. The molecule has 0 aromatic carbocycles. The van der Waals surface area contributed by atoms with Crippen LogP contribution in [-0.2, 0) is 4.79 Å². The van der Waals surface area contributed by atoms with Gasteiger partial charge in [0.2, 0.25) is 5.91 Å². The van der Waals surface area contributed by atoms with Crippen molar-refractivity contribution in [1.29, 1.82) is 0 Å². The molecule has 0 aromatic rings. The normalized spacial score (nSPS) is 18.3. The fraction of sp³-hybridized carbons (Fsp3) is 0.875. The van der Waals surface area contributed by atoms with E-state index in [-0.39, 0.29) is 0 Å². The maximum Gasteiger partial charge on any atom is 0.237 e. The summed E-state index contributed by atoms with van der Waals surface area (Å²) < 4.78 is 0. The van der Waals surface area contributed by atoms with Gasteiger partial charge in [-0.3, -0.25) is 4.79 Å². The van der Waals surface area contributed by atoms with E-state index in [4.69, 9.17) is 11.5 Å². The Bertz CT molecular complexity index is 159. The second-order valence-electron chi connectivity index (χ2n) is 3.25. The third-order valence-electron chi connectivity index (χ3n) is 1.73. The Balaban J connectivity index is 3.96. The van der Waals surface area contributed by atoms with Gasteiger partial charge in [0.1, 0.15) is 0 Å². The first-order valence-corrected chi connectivity index (χ1v) is 5.15. The molecule has 4 N–H and O–H groups in total. The van der Waals surface area contributed by atoms with E-state index in [2.05, 4.69) is 13.8 Å². The molecule has 4 heteroatoms. The average molecular weight is 190 g/mol. The number of amides is 1. The summed E-state index contributed by atoms with van der Waals surface area (Å²) in [6, 6.07) is 0. The molecule has 0 aliphatic carbocycles. The van der Waals surface area contributed by atoms with Crippen molar-refractivity contribution in [2.75, 3.05) is 5.75 Å². The summed E-state index contributed by atoms with van der Waals surface area (Å²) in [5.41, 5.74) is 9.98. The monoisotopic (exact) mass is 190 g/mol. The molecular weight excluding hydrogens is 172 g/mol. The minimum absolute atomic E-state index is 0.387. The Morgan fingerprint density at radius 1 is 1.67 bits per heavy atom. The SMILES string of the molecule is CCSC(C)CC(C)(N)C(N)=O.